The lowest BCUT2D eigenvalue weighted by Gasteiger charge is -2.15. The van der Waals surface area contributed by atoms with E-state index in [0.29, 0.717) is 10.7 Å². The lowest BCUT2D eigenvalue weighted by molar-refractivity contribution is 0.567. The molecule has 0 amide bonds. The fourth-order valence-corrected chi connectivity index (χ4v) is 3.96. The van der Waals surface area contributed by atoms with Crippen LogP contribution in [-0.4, -0.2) is 23.1 Å². The number of benzene rings is 2. The van der Waals surface area contributed by atoms with E-state index in [9.17, 15) is 16.8 Å². The van der Waals surface area contributed by atoms with Gasteiger partial charge in [0.15, 0.2) is 0 Å². The normalized spacial score (nSPS) is 13.5. The van der Waals surface area contributed by atoms with Crippen molar-refractivity contribution in [2.24, 2.45) is 0 Å². The van der Waals surface area contributed by atoms with Crippen molar-refractivity contribution in [1.82, 2.24) is 4.72 Å². The molecule has 0 bridgehead atoms. The van der Waals surface area contributed by atoms with E-state index in [1.54, 1.807) is 31.2 Å². The first-order chi connectivity index (χ1) is 11.1. The van der Waals surface area contributed by atoms with Gasteiger partial charge in [0, 0.05) is 16.8 Å². The Bertz CT molecular complexity index is 909. The monoisotopic (exact) mass is 388 g/mol. The van der Waals surface area contributed by atoms with Crippen molar-refractivity contribution in [2.45, 2.75) is 17.9 Å². The first kappa shape index (κ1) is 18.7. The van der Waals surface area contributed by atoms with Crippen molar-refractivity contribution < 1.29 is 16.8 Å². The second-order valence-electron chi connectivity index (χ2n) is 5.29. The van der Waals surface area contributed by atoms with Crippen LogP contribution in [0.1, 0.15) is 18.5 Å². The smallest absolute Gasteiger partial charge is 0.241 e. The molecule has 0 saturated carbocycles. The second kappa shape index (κ2) is 7.10. The molecule has 0 spiro atoms. The third-order valence-electron chi connectivity index (χ3n) is 3.17. The fraction of sp³-hybridized carbons (Fsp3) is 0.200. The highest BCUT2D eigenvalue weighted by atomic mass is 35.5. The quantitative estimate of drug-likeness (QED) is 0.795. The highest BCUT2D eigenvalue weighted by Crippen LogP contribution is 2.20. The van der Waals surface area contributed by atoms with Gasteiger partial charge in [-0.05, 0) is 48.9 Å². The molecule has 2 rings (SSSR count). The topological polar surface area (TPSA) is 92.3 Å². The average molecular weight is 389 g/mol. The van der Waals surface area contributed by atoms with Crippen LogP contribution in [0.5, 0.6) is 0 Å². The summed E-state index contributed by atoms with van der Waals surface area (Å²) in [6, 6.07) is 11.9. The Labute approximate surface area is 147 Å². The van der Waals surface area contributed by atoms with E-state index in [4.69, 9.17) is 11.6 Å². The van der Waals surface area contributed by atoms with Crippen LogP contribution in [0.3, 0.4) is 0 Å². The summed E-state index contributed by atoms with van der Waals surface area (Å²) in [4.78, 5) is 0.0439. The highest BCUT2D eigenvalue weighted by Gasteiger charge is 2.18. The van der Waals surface area contributed by atoms with Crippen LogP contribution < -0.4 is 9.44 Å². The lowest BCUT2D eigenvalue weighted by atomic mass is 10.1. The maximum Gasteiger partial charge on any atom is 0.241 e. The third kappa shape index (κ3) is 5.20. The minimum Gasteiger partial charge on any atom is -0.284 e. The molecule has 0 heterocycles. The second-order valence-corrected chi connectivity index (χ2v) is 9.19. The van der Waals surface area contributed by atoms with Crippen LogP contribution in [0.15, 0.2) is 53.4 Å². The summed E-state index contributed by atoms with van der Waals surface area (Å²) in [5, 5.41) is 0.572. The minimum absolute atomic E-state index is 0.0439. The Balaban J connectivity index is 2.16. The van der Waals surface area contributed by atoms with E-state index in [0.717, 1.165) is 11.8 Å². The average Bonchev–Trinajstić information content (AvgIpc) is 2.46. The number of hydrogen-bond acceptors (Lipinski definition) is 4. The molecule has 1 unspecified atom stereocenters. The van der Waals surface area contributed by atoms with Crippen LogP contribution in [0.2, 0.25) is 5.02 Å². The van der Waals surface area contributed by atoms with Gasteiger partial charge in [-0.1, -0.05) is 23.7 Å². The molecule has 0 fully saturated rings. The van der Waals surface area contributed by atoms with Crippen molar-refractivity contribution >= 4 is 37.3 Å². The molecule has 2 aromatic carbocycles. The van der Waals surface area contributed by atoms with Crippen molar-refractivity contribution in [3.05, 3.63) is 59.1 Å². The Hall–Kier alpha value is -1.61. The predicted molar refractivity (Wildman–Crippen MR) is 95.1 cm³/mol. The molecule has 0 saturated heterocycles. The summed E-state index contributed by atoms with van der Waals surface area (Å²) in [6.45, 7) is 1.72. The minimum atomic E-state index is -3.74. The SMILES string of the molecule is CC(NS(=O)(=O)c1ccc(NS(C)(=O)=O)cc1)c1ccc(Cl)cc1. The number of hydrogen-bond donors (Lipinski definition) is 2. The van der Waals surface area contributed by atoms with Gasteiger partial charge in [0.2, 0.25) is 20.0 Å². The molecule has 2 aromatic rings. The third-order valence-corrected chi connectivity index (χ3v) is 5.58. The van der Waals surface area contributed by atoms with Crippen LogP contribution in [0, 0.1) is 0 Å². The van der Waals surface area contributed by atoms with Crippen molar-refractivity contribution in [3.8, 4) is 0 Å². The Kier molecular flexibility index (Phi) is 5.54. The molecular weight excluding hydrogens is 372 g/mol. The Morgan fingerprint density at radius 3 is 1.96 bits per heavy atom. The van der Waals surface area contributed by atoms with Crippen LogP contribution in [0.4, 0.5) is 5.69 Å². The summed E-state index contributed by atoms with van der Waals surface area (Å²) < 4.78 is 52.0. The number of sulfonamides is 2. The maximum atomic E-state index is 12.4. The van der Waals surface area contributed by atoms with E-state index < -0.39 is 26.1 Å². The molecular formula is C15H17ClN2O4S2. The molecule has 24 heavy (non-hydrogen) atoms. The van der Waals surface area contributed by atoms with Crippen molar-refractivity contribution in [2.75, 3.05) is 11.0 Å². The van der Waals surface area contributed by atoms with Gasteiger partial charge < -0.3 is 0 Å². The molecule has 0 aliphatic heterocycles. The van der Waals surface area contributed by atoms with E-state index in [1.807, 2.05) is 0 Å². The fourth-order valence-electron chi connectivity index (χ4n) is 2.04. The summed E-state index contributed by atoms with van der Waals surface area (Å²) in [5.74, 6) is 0. The zero-order chi connectivity index (χ0) is 18.0. The summed E-state index contributed by atoms with van der Waals surface area (Å²) in [6.07, 6.45) is 1.02. The number of halogens is 1. The van der Waals surface area contributed by atoms with Crippen LogP contribution >= 0.6 is 11.6 Å². The van der Waals surface area contributed by atoms with Gasteiger partial charge in [-0.15, -0.1) is 0 Å². The van der Waals surface area contributed by atoms with E-state index >= 15 is 0 Å². The molecule has 0 radical (unpaired) electrons. The van der Waals surface area contributed by atoms with Gasteiger partial charge in [-0.2, -0.15) is 0 Å². The maximum absolute atomic E-state index is 12.4. The standard InChI is InChI=1S/C15H17ClN2O4S2/c1-11(12-3-5-13(16)6-4-12)17-24(21,22)15-9-7-14(8-10-15)18-23(2,19)20/h3-11,17-18H,1-2H3. The van der Waals surface area contributed by atoms with Crippen LogP contribution in [-0.2, 0) is 20.0 Å². The van der Waals surface area contributed by atoms with Gasteiger partial charge in [-0.25, -0.2) is 21.6 Å². The van der Waals surface area contributed by atoms with Gasteiger partial charge in [0.1, 0.15) is 0 Å². The summed E-state index contributed by atoms with van der Waals surface area (Å²) in [7, 11) is -7.15. The number of rotatable bonds is 6. The predicted octanol–water partition coefficient (Wildman–Crippen LogP) is 2.75. The molecule has 1 atom stereocenters. The summed E-state index contributed by atoms with van der Waals surface area (Å²) >= 11 is 5.82. The first-order valence-electron chi connectivity index (χ1n) is 6.92. The number of anilines is 1. The summed E-state index contributed by atoms with van der Waals surface area (Å²) in [5.41, 5.74) is 1.07. The molecule has 0 aromatic heterocycles. The Morgan fingerprint density at radius 1 is 0.917 bits per heavy atom. The van der Waals surface area contributed by atoms with E-state index in [1.165, 1.54) is 24.3 Å². The zero-order valence-corrected chi connectivity index (χ0v) is 15.4. The van der Waals surface area contributed by atoms with Gasteiger partial charge >= 0.3 is 0 Å². The molecule has 9 heteroatoms. The zero-order valence-electron chi connectivity index (χ0n) is 13.0. The molecule has 130 valence electrons. The molecule has 0 aliphatic carbocycles. The van der Waals surface area contributed by atoms with Crippen molar-refractivity contribution in [3.63, 3.8) is 0 Å². The van der Waals surface area contributed by atoms with Gasteiger partial charge in [-0.3, -0.25) is 4.72 Å². The largest absolute Gasteiger partial charge is 0.284 e. The number of nitrogens with one attached hydrogen (secondary N) is 2. The molecule has 2 N–H and O–H groups in total. The van der Waals surface area contributed by atoms with Crippen LogP contribution in [0.25, 0.3) is 0 Å². The van der Waals surface area contributed by atoms with E-state index in [-0.39, 0.29) is 4.90 Å². The van der Waals surface area contributed by atoms with Crippen molar-refractivity contribution in [1.29, 1.82) is 0 Å². The van der Waals surface area contributed by atoms with Gasteiger partial charge in [0.05, 0.1) is 11.2 Å². The molecule has 6 nitrogen and oxygen atoms in total. The Morgan fingerprint density at radius 2 is 1.46 bits per heavy atom. The first-order valence-corrected chi connectivity index (χ1v) is 10.7. The highest BCUT2D eigenvalue weighted by molar-refractivity contribution is 7.92. The van der Waals surface area contributed by atoms with E-state index in [2.05, 4.69) is 9.44 Å². The molecule has 0 aliphatic rings. The lowest BCUT2D eigenvalue weighted by Crippen LogP contribution is -2.26. The van der Waals surface area contributed by atoms with Gasteiger partial charge in [0.25, 0.3) is 0 Å².